The first-order valence-corrected chi connectivity index (χ1v) is 9.14. The number of aromatic nitrogens is 2. The first-order valence-electron chi connectivity index (χ1n) is 7.78. The van der Waals surface area contributed by atoms with Crippen LogP contribution in [0.4, 0.5) is 0 Å². The Labute approximate surface area is 154 Å². The van der Waals surface area contributed by atoms with Gasteiger partial charge >= 0.3 is 0 Å². The number of rotatable bonds is 5. The van der Waals surface area contributed by atoms with Crippen molar-refractivity contribution < 1.29 is 13.9 Å². The summed E-state index contributed by atoms with van der Waals surface area (Å²) >= 11 is 7.62. The average molecular weight is 375 g/mol. The van der Waals surface area contributed by atoms with Crippen LogP contribution < -0.4 is 9.47 Å². The zero-order valence-electron chi connectivity index (χ0n) is 13.5. The number of halogens is 1. The van der Waals surface area contributed by atoms with Gasteiger partial charge in [-0.1, -0.05) is 29.4 Å². The molecule has 0 atom stereocenters. The van der Waals surface area contributed by atoms with Crippen LogP contribution in [0.2, 0.25) is 5.02 Å². The summed E-state index contributed by atoms with van der Waals surface area (Å²) in [5, 5.41) is 9.38. The molecule has 0 radical (unpaired) electrons. The van der Waals surface area contributed by atoms with Crippen LogP contribution in [0.15, 0.2) is 46.0 Å². The number of thioether (sulfide) groups is 1. The van der Waals surface area contributed by atoms with Crippen molar-refractivity contribution in [3.8, 4) is 23.0 Å². The van der Waals surface area contributed by atoms with Crippen LogP contribution in [0.25, 0.3) is 11.5 Å². The molecule has 0 spiro atoms. The molecule has 7 heteroatoms. The molecule has 1 aliphatic heterocycles. The molecule has 0 amide bonds. The van der Waals surface area contributed by atoms with Crippen molar-refractivity contribution in [2.75, 3.05) is 13.7 Å². The molecule has 2 aromatic carbocycles. The Morgan fingerprint density at radius 2 is 2.12 bits per heavy atom. The van der Waals surface area contributed by atoms with Crippen molar-refractivity contribution >= 4 is 23.4 Å². The van der Waals surface area contributed by atoms with E-state index in [0.29, 0.717) is 27.6 Å². The number of fused-ring (bicyclic) bond motifs is 1. The molecular formula is C18H15ClN2O3S. The molecule has 0 saturated carbocycles. The van der Waals surface area contributed by atoms with Gasteiger partial charge in [0.1, 0.15) is 11.5 Å². The second kappa shape index (κ2) is 6.98. The van der Waals surface area contributed by atoms with E-state index in [9.17, 15) is 0 Å². The molecule has 0 saturated heterocycles. The van der Waals surface area contributed by atoms with E-state index in [0.717, 1.165) is 29.9 Å². The lowest BCUT2D eigenvalue weighted by Crippen LogP contribution is -1.86. The molecule has 1 aliphatic rings. The first-order chi connectivity index (χ1) is 12.2. The summed E-state index contributed by atoms with van der Waals surface area (Å²) in [6, 6.07) is 11.6. The Morgan fingerprint density at radius 1 is 1.20 bits per heavy atom. The molecule has 25 heavy (non-hydrogen) atoms. The zero-order valence-corrected chi connectivity index (χ0v) is 15.1. The van der Waals surface area contributed by atoms with Crippen molar-refractivity contribution in [1.82, 2.24) is 10.2 Å². The molecule has 4 rings (SSSR count). The summed E-state index contributed by atoms with van der Waals surface area (Å²) < 4.78 is 16.4. The zero-order chi connectivity index (χ0) is 17.2. The minimum absolute atomic E-state index is 0.518. The van der Waals surface area contributed by atoms with Crippen molar-refractivity contribution in [2.24, 2.45) is 0 Å². The number of methoxy groups -OCH3 is 1. The van der Waals surface area contributed by atoms with Gasteiger partial charge in [-0.25, -0.2) is 0 Å². The van der Waals surface area contributed by atoms with Gasteiger partial charge in [-0.15, -0.1) is 10.2 Å². The molecular weight excluding hydrogens is 360 g/mol. The summed E-state index contributed by atoms with van der Waals surface area (Å²) in [4.78, 5) is 0. The Morgan fingerprint density at radius 3 is 2.96 bits per heavy atom. The molecule has 2 heterocycles. The van der Waals surface area contributed by atoms with Gasteiger partial charge in [0.15, 0.2) is 0 Å². The fraction of sp³-hybridized carbons (Fsp3) is 0.222. The van der Waals surface area contributed by atoms with Crippen molar-refractivity contribution in [2.45, 2.75) is 17.4 Å². The molecule has 0 N–H and O–H groups in total. The van der Waals surface area contributed by atoms with E-state index in [4.69, 9.17) is 25.5 Å². The predicted octanol–water partition coefficient (Wildman–Crippen LogP) is 4.63. The topological polar surface area (TPSA) is 57.4 Å². The number of hydrogen-bond acceptors (Lipinski definition) is 6. The van der Waals surface area contributed by atoms with Gasteiger partial charge in [-0.05, 0) is 41.5 Å². The molecule has 0 aliphatic carbocycles. The lowest BCUT2D eigenvalue weighted by atomic mass is 10.1. The standard InChI is InChI=1S/C18H15ClN2O3S/c1-22-16-4-2-11(8-14(16)19)10-25-18-21-20-17(24-18)13-3-5-15-12(9-13)6-7-23-15/h2-5,8-9H,6-7,10H2,1H3. The third-order valence-corrected chi connectivity index (χ3v) is 5.11. The number of nitrogens with zero attached hydrogens (tertiary/aromatic N) is 2. The number of benzene rings is 2. The minimum Gasteiger partial charge on any atom is -0.495 e. The van der Waals surface area contributed by atoms with Gasteiger partial charge in [0, 0.05) is 17.7 Å². The maximum Gasteiger partial charge on any atom is 0.277 e. The largest absolute Gasteiger partial charge is 0.495 e. The van der Waals surface area contributed by atoms with Gasteiger partial charge in [-0.2, -0.15) is 0 Å². The highest BCUT2D eigenvalue weighted by molar-refractivity contribution is 7.98. The highest BCUT2D eigenvalue weighted by Crippen LogP contribution is 2.32. The quantitative estimate of drug-likeness (QED) is 0.607. The summed E-state index contributed by atoms with van der Waals surface area (Å²) in [6.45, 7) is 0.730. The Bertz CT molecular complexity index is 913. The highest BCUT2D eigenvalue weighted by atomic mass is 35.5. The lowest BCUT2D eigenvalue weighted by molar-refractivity contribution is 0.357. The summed E-state index contributed by atoms with van der Waals surface area (Å²) in [6.07, 6.45) is 0.914. The van der Waals surface area contributed by atoms with Crippen molar-refractivity contribution in [3.63, 3.8) is 0 Å². The first kappa shape index (κ1) is 16.3. The van der Waals surface area contributed by atoms with Crippen LogP contribution in [0.1, 0.15) is 11.1 Å². The molecule has 5 nitrogen and oxygen atoms in total. The van der Waals surface area contributed by atoms with E-state index >= 15 is 0 Å². The predicted molar refractivity (Wildman–Crippen MR) is 96.5 cm³/mol. The van der Waals surface area contributed by atoms with Gasteiger partial charge < -0.3 is 13.9 Å². The van der Waals surface area contributed by atoms with Crippen LogP contribution in [0.5, 0.6) is 11.5 Å². The fourth-order valence-electron chi connectivity index (χ4n) is 2.65. The number of hydrogen-bond donors (Lipinski definition) is 0. The molecule has 128 valence electrons. The third kappa shape index (κ3) is 3.45. The van der Waals surface area contributed by atoms with Gasteiger partial charge in [-0.3, -0.25) is 0 Å². The van der Waals surface area contributed by atoms with Crippen molar-refractivity contribution in [3.05, 3.63) is 52.5 Å². The van der Waals surface area contributed by atoms with Gasteiger partial charge in [0.05, 0.1) is 18.7 Å². The van der Waals surface area contributed by atoms with E-state index in [1.807, 2.05) is 36.4 Å². The highest BCUT2D eigenvalue weighted by Gasteiger charge is 2.16. The Hall–Kier alpha value is -2.18. The molecule has 0 fully saturated rings. The van der Waals surface area contributed by atoms with Crippen molar-refractivity contribution in [1.29, 1.82) is 0 Å². The number of ether oxygens (including phenoxy) is 2. The summed E-state index contributed by atoms with van der Waals surface area (Å²) in [5.41, 5.74) is 3.15. The van der Waals surface area contributed by atoms with E-state index < -0.39 is 0 Å². The normalized spacial score (nSPS) is 12.7. The van der Waals surface area contributed by atoms with Crippen LogP contribution >= 0.6 is 23.4 Å². The maximum atomic E-state index is 6.15. The second-order valence-electron chi connectivity index (χ2n) is 5.55. The maximum absolute atomic E-state index is 6.15. The van der Waals surface area contributed by atoms with Gasteiger partial charge in [0.2, 0.25) is 5.89 Å². The fourth-order valence-corrected chi connectivity index (χ4v) is 3.64. The van der Waals surface area contributed by atoms with Crippen LogP contribution in [-0.2, 0) is 12.2 Å². The van der Waals surface area contributed by atoms with Crippen LogP contribution in [0.3, 0.4) is 0 Å². The molecule has 0 bridgehead atoms. The Kier molecular flexibility index (Phi) is 4.55. The van der Waals surface area contributed by atoms with Gasteiger partial charge in [0.25, 0.3) is 5.22 Å². The molecule has 3 aromatic rings. The average Bonchev–Trinajstić information content (AvgIpc) is 3.28. The Balaban J connectivity index is 1.45. The minimum atomic E-state index is 0.518. The van der Waals surface area contributed by atoms with E-state index in [-0.39, 0.29) is 0 Å². The van der Waals surface area contributed by atoms with E-state index in [1.165, 1.54) is 17.3 Å². The second-order valence-corrected chi connectivity index (χ2v) is 6.89. The summed E-state index contributed by atoms with van der Waals surface area (Å²) in [7, 11) is 1.60. The van der Waals surface area contributed by atoms with E-state index in [1.54, 1.807) is 7.11 Å². The third-order valence-electron chi connectivity index (χ3n) is 3.92. The van der Waals surface area contributed by atoms with Crippen LogP contribution in [-0.4, -0.2) is 23.9 Å². The molecule has 1 aromatic heterocycles. The van der Waals surface area contributed by atoms with Crippen LogP contribution in [0, 0.1) is 0 Å². The smallest absolute Gasteiger partial charge is 0.277 e. The van der Waals surface area contributed by atoms with E-state index in [2.05, 4.69) is 10.2 Å². The summed E-state index contributed by atoms with van der Waals surface area (Å²) in [5.74, 6) is 2.80. The lowest BCUT2D eigenvalue weighted by Gasteiger charge is -2.04. The monoisotopic (exact) mass is 374 g/mol. The molecule has 0 unspecified atom stereocenters. The SMILES string of the molecule is COc1ccc(CSc2nnc(-c3ccc4c(c3)CCO4)o2)cc1Cl.